The summed E-state index contributed by atoms with van der Waals surface area (Å²) in [5, 5.41) is 3.46. The average Bonchev–Trinajstić information content (AvgIpc) is 2.42. The third-order valence-electron chi connectivity index (χ3n) is 2.77. The standard InChI is InChI=1S/C15H13BrClNO/c1-2-10-4-3-5-12(8-10)18-15(19)11-6-7-14(17)13(16)9-11/h3-9H,2H2,1H3,(H,18,19). The van der Waals surface area contributed by atoms with Crippen LogP contribution in [-0.4, -0.2) is 5.91 Å². The van der Waals surface area contributed by atoms with E-state index in [4.69, 9.17) is 11.6 Å². The lowest BCUT2D eigenvalue weighted by Gasteiger charge is -2.07. The van der Waals surface area contributed by atoms with Gasteiger partial charge in [0.05, 0.1) is 5.02 Å². The molecular weight excluding hydrogens is 326 g/mol. The molecule has 0 bridgehead atoms. The third kappa shape index (κ3) is 3.58. The minimum absolute atomic E-state index is 0.148. The Balaban J connectivity index is 2.18. The van der Waals surface area contributed by atoms with Gasteiger partial charge in [-0.25, -0.2) is 0 Å². The number of hydrogen-bond donors (Lipinski definition) is 1. The number of benzene rings is 2. The number of carbonyl (C=O) groups is 1. The van der Waals surface area contributed by atoms with Crippen LogP contribution in [0.15, 0.2) is 46.9 Å². The molecule has 2 aromatic carbocycles. The molecule has 2 aromatic rings. The van der Waals surface area contributed by atoms with Gasteiger partial charge in [0.15, 0.2) is 0 Å². The van der Waals surface area contributed by atoms with Crippen LogP contribution in [0.25, 0.3) is 0 Å². The first kappa shape index (κ1) is 14.1. The number of amides is 1. The van der Waals surface area contributed by atoms with Gasteiger partial charge in [-0.1, -0.05) is 30.7 Å². The van der Waals surface area contributed by atoms with Gasteiger partial charge in [-0.15, -0.1) is 0 Å². The SMILES string of the molecule is CCc1cccc(NC(=O)c2ccc(Cl)c(Br)c2)c1. The van der Waals surface area contributed by atoms with E-state index in [-0.39, 0.29) is 5.91 Å². The maximum atomic E-state index is 12.1. The van der Waals surface area contributed by atoms with Gasteiger partial charge in [0.1, 0.15) is 0 Å². The molecule has 0 atom stereocenters. The van der Waals surface area contributed by atoms with E-state index in [0.717, 1.165) is 12.1 Å². The molecule has 1 N–H and O–H groups in total. The minimum Gasteiger partial charge on any atom is -0.322 e. The summed E-state index contributed by atoms with van der Waals surface area (Å²) in [4.78, 5) is 12.1. The zero-order chi connectivity index (χ0) is 13.8. The predicted molar refractivity (Wildman–Crippen MR) is 82.9 cm³/mol. The van der Waals surface area contributed by atoms with Gasteiger partial charge < -0.3 is 5.32 Å². The highest BCUT2D eigenvalue weighted by atomic mass is 79.9. The van der Waals surface area contributed by atoms with Crippen LogP contribution < -0.4 is 5.32 Å². The highest BCUT2D eigenvalue weighted by Crippen LogP contribution is 2.23. The predicted octanol–water partition coefficient (Wildman–Crippen LogP) is 4.92. The molecule has 0 aliphatic rings. The number of anilines is 1. The zero-order valence-electron chi connectivity index (χ0n) is 10.4. The van der Waals surface area contributed by atoms with E-state index < -0.39 is 0 Å². The van der Waals surface area contributed by atoms with Gasteiger partial charge in [0.25, 0.3) is 5.91 Å². The number of nitrogens with one attached hydrogen (secondary N) is 1. The highest BCUT2D eigenvalue weighted by molar-refractivity contribution is 9.10. The quantitative estimate of drug-likeness (QED) is 0.846. The molecule has 0 spiro atoms. The van der Waals surface area contributed by atoms with Crippen LogP contribution in [-0.2, 0) is 6.42 Å². The topological polar surface area (TPSA) is 29.1 Å². The average molecular weight is 339 g/mol. The van der Waals surface area contributed by atoms with Gasteiger partial charge in [-0.3, -0.25) is 4.79 Å². The van der Waals surface area contributed by atoms with Crippen LogP contribution in [0.4, 0.5) is 5.69 Å². The fraction of sp³-hybridized carbons (Fsp3) is 0.133. The van der Waals surface area contributed by atoms with Crippen molar-refractivity contribution in [3.8, 4) is 0 Å². The molecule has 0 unspecified atom stereocenters. The Morgan fingerprint density at radius 1 is 1.26 bits per heavy atom. The molecular formula is C15H13BrClNO. The Kier molecular flexibility index (Phi) is 4.61. The first-order valence-electron chi connectivity index (χ1n) is 5.95. The molecule has 2 nitrogen and oxygen atoms in total. The van der Waals surface area contributed by atoms with Gasteiger partial charge in [0.2, 0.25) is 0 Å². The van der Waals surface area contributed by atoms with Gasteiger partial charge in [-0.2, -0.15) is 0 Å². The van der Waals surface area contributed by atoms with Gasteiger partial charge >= 0.3 is 0 Å². The molecule has 0 aromatic heterocycles. The van der Waals surface area contributed by atoms with E-state index in [1.165, 1.54) is 5.56 Å². The number of rotatable bonds is 3. The van der Waals surface area contributed by atoms with Crippen molar-refractivity contribution in [1.29, 1.82) is 0 Å². The second-order valence-corrected chi connectivity index (χ2v) is 5.40. The molecule has 4 heteroatoms. The summed E-state index contributed by atoms with van der Waals surface area (Å²) in [7, 11) is 0. The van der Waals surface area contributed by atoms with Gasteiger partial charge in [-0.05, 0) is 58.2 Å². The van der Waals surface area contributed by atoms with Crippen molar-refractivity contribution in [3.05, 3.63) is 63.1 Å². The Hall–Kier alpha value is -1.32. The summed E-state index contributed by atoms with van der Waals surface area (Å²) >= 11 is 9.22. The highest BCUT2D eigenvalue weighted by Gasteiger charge is 2.08. The lowest BCUT2D eigenvalue weighted by atomic mass is 10.1. The second kappa shape index (κ2) is 6.22. The normalized spacial score (nSPS) is 10.3. The van der Waals surface area contributed by atoms with E-state index in [1.807, 2.05) is 24.3 Å². The number of carbonyl (C=O) groups excluding carboxylic acids is 1. The van der Waals surface area contributed by atoms with Crippen molar-refractivity contribution in [1.82, 2.24) is 0 Å². The lowest BCUT2D eigenvalue weighted by molar-refractivity contribution is 0.102. The molecule has 0 aliphatic heterocycles. The van der Waals surface area contributed by atoms with Crippen LogP contribution in [0.3, 0.4) is 0 Å². The van der Waals surface area contributed by atoms with Crippen LogP contribution in [0.2, 0.25) is 5.02 Å². The van der Waals surface area contributed by atoms with E-state index in [0.29, 0.717) is 15.1 Å². The Morgan fingerprint density at radius 3 is 2.74 bits per heavy atom. The molecule has 0 heterocycles. The van der Waals surface area contributed by atoms with Crippen LogP contribution >= 0.6 is 27.5 Å². The first-order valence-corrected chi connectivity index (χ1v) is 7.12. The summed E-state index contributed by atoms with van der Waals surface area (Å²) in [6.07, 6.45) is 0.941. The maximum absolute atomic E-state index is 12.1. The van der Waals surface area contributed by atoms with Crippen molar-refractivity contribution in [2.24, 2.45) is 0 Å². The lowest BCUT2D eigenvalue weighted by Crippen LogP contribution is -2.11. The minimum atomic E-state index is -0.148. The third-order valence-corrected chi connectivity index (χ3v) is 3.99. The number of hydrogen-bond acceptors (Lipinski definition) is 1. The molecule has 19 heavy (non-hydrogen) atoms. The van der Waals surface area contributed by atoms with Crippen molar-refractivity contribution < 1.29 is 4.79 Å². The van der Waals surface area contributed by atoms with Crippen molar-refractivity contribution in [3.63, 3.8) is 0 Å². The molecule has 0 radical (unpaired) electrons. The Morgan fingerprint density at radius 2 is 2.05 bits per heavy atom. The van der Waals surface area contributed by atoms with Crippen LogP contribution in [0.5, 0.6) is 0 Å². The summed E-state index contributed by atoms with van der Waals surface area (Å²) in [5.41, 5.74) is 2.56. The van der Waals surface area contributed by atoms with Crippen molar-refractivity contribution >= 4 is 39.1 Å². The summed E-state index contributed by atoms with van der Waals surface area (Å²) < 4.78 is 0.712. The number of halogens is 2. The van der Waals surface area contributed by atoms with Crippen molar-refractivity contribution in [2.75, 3.05) is 5.32 Å². The zero-order valence-corrected chi connectivity index (χ0v) is 12.8. The number of aryl methyl sites for hydroxylation is 1. The second-order valence-electron chi connectivity index (χ2n) is 4.14. The fourth-order valence-electron chi connectivity index (χ4n) is 1.71. The monoisotopic (exact) mass is 337 g/mol. The molecule has 0 saturated carbocycles. The summed E-state index contributed by atoms with van der Waals surface area (Å²) in [6, 6.07) is 12.9. The fourth-order valence-corrected chi connectivity index (χ4v) is 2.21. The van der Waals surface area contributed by atoms with Crippen LogP contribution in [0.1, 0.15) is 22.8 Å². The largest absolute Gasteiger partial charge is 0.322 e. The molecule has 0 fully saturated rings. The first-order chi connectivity index (χ1) is 9.10. The molecule has 0 saturated heterocycles. The Bertz CT molecular complexity index is 613. The summed E-state index contributed by atoms with van der Waals surface area (Å²) in [5.74, 6) is -0.148. The van der Waals surface area contributed by atoms with Gasteiger partial charge in [0, 0.05) is 15.7 Å². The van der Waals surface area contributed by atoms with E-state index in [9.17, 15) is 4.79 Å². The van der Waals surface area contributed by atoms with E-state index in [1.54, 1.807) is 18.2 Å². The molecule has 1 amide bonds. The van der Waals surface area contributed by atoms with Crippen LogP contribution in [0, 0.1) is 0 Å². The van der Waals surface area contributed by atoms with E-state index >= 15 is 0 Å². The smallest absolute Gasteiger partial charge is 0.255 e. The molecule has 0 aliphatic carbocycles. The van der Waals surface area contributed by atoms with E-state index in [2.05, 4.69) is 28.2 Å². The summed E-state index contributed by atoms with van der Waals surface area (Å²) in [6.45, 7) is 2.08. The van der Waals surface area contributed by atoms with Crippen molar-refractivity contribution in [2.45, 2.75) is 13.3 Å². The Labute approximate surface area is 125 Å². The maximum Gasteiger partial charge on any atom is 0.255 e. The molecule has 2 rings (SSSR count). The molecule has 98 valence electrons.